The first-order chi connectivity index (χ1) is 9.19. The topological polar surface area (TPSA) is 72.6 Å². The number of nitrogens with zero attached hydrogens (tertiary/aromatic N) is 1. The molecule has 0 saturated heterocycles. The molecule has 0 amide bonds. The molecule has 0 spiro atoms. The monoisotopic (exact) mass is 261 g/mol. The van der Waals surface area contributed by atoms with Crippen molar-refractivity contribution in [3.8, 4) is 17.1 Å². The number of aromatic nitrogens is 1. The van der Waals surface area contributed by atoms with Crippen molar-refractivity contribution in [2.75, 3.05) is 6.61 Å². The van der Waals surface area contributed by atoms with Crippen molar-refractivity contribution in [3.63, 3.8) is 0 Å². The molecule has 0 aliphatic heterocycles. The third-order valence-electron chi connectivity index (χ3n) is 2.73. The second kappa shape index (κ2) is 5.56. The van der Waals surface area contributed by atoms with Crippen LogP contribution in [0, 0.1) is 0 Å². The Hall–Kier alpha value is -2.30. The van der Waals surface area contributed by atoms with Crippen LogP contribution >= 0.6 is 0 Å². The first-order valence-electron chi connectivity index (χ1n) is 6.13. The predicted molar refractivity (Wildman–Crippen MR) is 68.9 cm³/mol. The highest BCUT2D eigenvalue weighted by molar-refractivity contribution is 5.97. The van der Waals surface area contributed by atoms with E-state index in [-0.39, 0.29) is 23.7 Å². The Labute approximate surface area is 110 Å². The van der Waals surface area contributed by atoms with Gasteiger partial charge in [-0.1, -0.05) is 24.2 Å². The lowest BCUT2D eigenvalue weighted by Crippen LogP contribution is -2.07. The molecule has 5 nitrogen and oxygen atoms in total. The Kier molecular flexibility index (Phi) is 3.85. The van der Waals surface area contributed by atoms with E-state index in [1.54, 1.807) is 25.1 Å². The number of esters is 1. The zero-order chi connectivity index (χ0) is 13.8. The number of carbonyl (C=O) groups is 1. The molecule has 0 unspecified atom stereocenters. The summed E-state index contributed by atoms with van der Waals surface area (Å²) in [6.07, 6.45) is 0.547. The summed E-state index contributed by atoms with van der Waals surface area (Å²) in [6.45, 7) is 3.87. The lowest BCUT2D eigenvalue weighted by atomic mass is 10.0. The molecule has 0 aliphatic carbocycles. The van der Waals surface area contributed by atoms with Crippen molar-refractivity contribution >= 4 is 5.97 Å². The highest BCUT2D eigenvalue weighted by Gasteiger charge is 2.25. The zero-order valence-electron chi connectivity index (χ0n) is 10.8. The van der Waals surface area contributed by atoms with Crippen LogP contribution in [0.5, 0.6) is 5.75 Å². The van der Waals surface area contributed by atoms with Crippen LogP contribution in [0.4, 0.5) is 0 Å². The fraction of sp³-hybridized carbons (Fsp3) is 0.286. The summed E-state index contributed by atoms with van der Waals surface area (Å²) in [5.74, 6) is -0.209. The fourth-order valence-electron chi connectivity index (χ4n) is 1.83. The molecule has 0 aliphatic rings. The molecule has 2 rings (SSSR count). The summed E-state index contributed by atoms with van der Waals surface area (Å²) in [4.78, 5) is 12.0. The van der Waals surface area contributed by atoms with Crippen LogP contribution in [0.3, 0.4) is 0 Å². The lowest BCUT2D eigenvalue weighted by Gasteiger charge is -2.04. The third kappa shape index (κ3) is 2.45. The van der Waals surface area contributed by atoms with Crippen LogP contribution in [-0.4, -0.2) is 22.8 Å². The van der Waals surface area contributed by atoms with E-state index in [4.69, 9.17) is 9.26 Å². The number of carbonyl (C=O) groups excluding carboxylic acids is 1. The van der Waals surface area contributed by atoms with Crippen molar-refractivity contribution in [1.29, 1.82) is 0 Å². The van der Waals surface area contributed by atoms with Crippen LogP contribution in [0.1, 0.15) is 29.9 Å². The second-order valence-corrected chi connectivity index (χ2v) is 3.92. The van der Waals surface area contributed by atoms with Gasteiger partial charge >= 0.3 is 5.97 Å². The molecule has 1 aromatic carbocycles. The zero-order valence-corrected chi connectivity index (χ0v) is 10.8. The van der Waals surface area contributed by atoms with Crippen LogP contribution in [-0.2, 0) is 11.2 Å². The van der Waals surface area contributed by atoms with E-state index in [1.165, 1.54) is 6.07 Å². The molecule has 100 valence electrons. The molecule has 2 aromatic rings. The van der Waals surface area contributed by atoms with E-state index in [0.29, 0.717) is 17.7 Å². The fourth-order valence-corrected chi connectivity index (χ4v) is 1.83. The number of aryl methyl sites for hydroxylation is 1. The summed E-state index contributed by atoms with van der Waals surface area (Å²) in [6, 6.07) is 6.63. The molecule has 0 atom stereocenters. The van der Waals surface area contributed by atoms with E-state index in [0.717, 1.165) is 0 Å². The lowest BCUT2D eigenvalue weighted by molar-refractivity contribution is 0.0525. The van der Waals surface area contributed by atoms with Gasteiger partial charge in [-0.3, -0.25) is 0 Å². The smallest absolute Gasteiger partial charge is 0.344 e. The third-order valence-corrected chi connectivity index (χ3v) is 2.73. The number of phenolic OH excluding ortho intramolecular Hbond substituents is 1. The molecule has 0 bridgehead atoms. The van der Waals surface area contributed by atoms with Gasteiger partial charge in [-0.05, 0) is 25.5 Å². The van der Waals surface area contributed by atoms with Gasteiger partial charge in [-0.15, -0.1) is 0 Å². The highest BCUT2D eigenvalue weighted by atomic mass is 16.5. The van der Waals surface area contributed by atoms with Gasteiger partial charge in [0.25, 0.3) is 0 Å². The molecule has 0 radical (unpaired) electrons. The number of hydrogen-bond donors (Lipinski definition) is 1. The minimum Gasteiger partial charge on any atom is -0.507 e. The number of benzene rings is 1. The maximum absolute atomic E-state index is 12.0. The van der Waals surface area contributed by atoms with Gasteiger partial charge < -0.3 is 14.4 Å². The number of para-hydroxylation sites is 1. The number of ether oxygens (including phenoxy) is 1. The maximum atomic E-state index is 12.0. The number of phenols is 1. The molecule has 19 heavy (non-hydrogen) atoms. The first-order valence-corrected chi connectivity index (χ1v) is 6.13. The first kappa shape index (κ1) is 13.1. The second-order valence-electron chi connectivity index (χ2n) is 3.92. The Balaban J connectivity index is 2.55. The van der Waals surface area contributed by atoms with Crippen LogP contribution in [0.25, 0.3) is 11.3 Å². The van der Waals surface area contributed by atoms with Crippen molar-refractivity contribution in [3.05, 3.63) is 35.5 Å². The van der Waals surface area contributed by atoms with Gasteiger partial charge in [0.05, 0.1) is 17.9 Å². The van der Waals surface area contributed by atoms with Gasteiger partial charge in [-0.2, -0.15) is 0 Å². The van der Waals surface area contributed by atoms with Crippen LogP contribution < -0.4 is 0 Å². The normalized spacial score (nSPS) is 10.4. The average Bonchev–Trinajstić information content (AvgIpc) is 2.83. The molecule has 0 fully saturated rings. The molecule has 0 saturated carbocycles. The molecule has 1 aromatic heterocycles. The van der Waals surface area contributed by atoms with Gasteiger partial charge in [0, 0.05) is 0 Å². The molecular weight excluding hydrogens is 246 g/mol. The standard InChI is InChI=1S/C14H15NO4/c1-3-10-12(14(17)18-4-2)13(19-15-10)9-7-5-6-8-11(9)16/h5-8,16H,3-4H2,1-2H3. The molecule has 5 heteroatoms. The summed E-state index contributed by atoms with van der Waals surface area (Å²) in [5.41, 5.74) is 1.24. The Morgan fingerprint density at radius 2 is 2.11 bits per heavy atom. The van der Waals surface area contributed by atoms with Gasteiger partial charge in [0.15, 0.2) is 5.76 Å². The van der Waals surface area contributed by atoms with Gasteiger partial charge in [0.2, 0.25) is 0 Å². The van der Waals surface area contributed by atoms with E-state index in [9.17, 15) is 9.90 Å². The largest absolute Gasteiger partial charge is 0.507 e. The summed E-state index contributed by atoms with van der Waals surface area (Å²) < 4.78 is 10.2. The van der Waals surface area contributed by atoms with Crippen molar-refractivity contribution < 1.29 is 19.2 Å². The van der Waals surface area contributed by atoms with Crippen molar-refractivity contribution in [1.82, 2.24) is 5.16 Å². The SMILES string of the molecule is CCOC(=O)c1c(CC)noc1-c1ccccc1O. The summed E-state index contributed by atoms with van der Waals surface area (Å²) >= 11 is 0. The average molecular weight is 261 g/mol. The summed E-state index contributed by atoms with van der Waals surface area (Å²) in [5, 5.41) is 13.7. The molecule has 1 N–H and O–H groups in total. The number of rotatable bonds is 4. The number of aromatic hydroxyl groups is 1. The summed E-state index contributed by atoms with van der Waals surface area (Å²) in [7, 11) is 0. The molecular formula is C14H15NO4. The van der Waals surface area contributed by atoms with E-state index >= 15 is 0 Å². The van der Waals surface area contributed by atoms with Gasteiger partial charge in [-0.25, -0.2) is 4.79 Å². The highest BCUT2D eigenvalue weighted by Crippen LogP contribution is 2.33. The van der Waals surface area contributed by atoms with Crippen molar-refractivity contribution in [2.24, 2.45) is 0 Å². The maximum Gasteiger partial charge on any atom is 0.344 e. The molecule has 1 heterocycles. The Morgan fingerprint density at radius 1 is 1.37 bits per heavy atom. The quantitative estimate of drug-likeness (QED) is 0.857. The minimum absolute atomic E-state index is 0.0341. The Bertz CT molecular complexity index is 589. The van der Waals surface area contributed by atoms with E-state index in [1.807, 2.05) is 6.92 Å². The van der Waals surface area contributed by atoms with Gasteiger partial charge in [0.1, 0.15) is 11.3 Å². The Morgan fingerprint density at radius 3 is 2.74 bits per heavy atom. The van der Waals surface area contributed by atoms with E-state index in [2.05, 4.69) is 5.16 Å². The predicted octanol–water partition coefficient (Wildman–Crippen LogP) is 2.79. The minimum atomic E-state index is -0.487. The van der Waals surface area contributed by atoms with E-state index < -0.39 is 5.97 Å². The van der Waals surface area contributed by atoms with Crippen LogP contribution in [0.15, 0.2) is 28.8 Å². The van der Waals surface area contributed by atoms with Crippen LogP contribution in [0.2, 0.25) is 0 Å². The number of hydrogen-bond acceptors (Lipinski definition) is 5. The van der Waals surface area contributed by atoms with Crippen molar-refractivity contribution in [2.45, 2.75) is 20.3 Å².